The lowest BCUT2D eigenvalue weighted by atomic mass is 9.85. The number of hydrogen-bond acceptors (Lipinski definition) is 2. The quantitative estimate of drug-likeness (QED) is 0.861. The Morgan fingerprint density at radius 3 is 2.62 bits per heavy atom. The minimum atomic E-state index is -4.37. The molecule has 1 aliphatic rings. The molecule has 0 radical (unpaired) electrons. The molecule has 0 unspecified atom stereocenters. The highest BCUT2D eigenvalue weighted by Crippen LogP contribution is 2.29. The van der Waals surface area contributed by atoms with Gasteiger partial charge in [-0.05, 0) is 30.9 Å². The molecule has 0 aliphatic heterocycles. The van der Waals surface area contributed by atoms with Crippen molar-refractivity contribution in [2.75, 3.05) is 11.9 Å². The zero-order chi connectivity index (χ0) is 11.6. The molecule has 0 amide bonds. The molecule has 1 aliphatic carbocycles. The molecule has 16 heavy (non-hydrogen) atoms. The van der Waals surface area contributed by atoms with Crippen LogP contribution in [0.4, 0.5) is 19.0 Å². The Labute approximate surface area is 91.9 Å². The zero-order valence-electron chi connectivity index (χ0n) is 8.72. The smallest absolute Gasteiger partial charge is 0.370 e. The van der Waals surface area contributed by atoms with Crippen LogP contribution in [0.3, 0.4) is 0 Å². The highest BCUT2D eigenvalue weighted by Gasteiger charge is 2.32. The fourth-order valence-electron chi connectivity index (χ4n) is 1.64. The first kappa shape index (κ1) is 11.2. The Balaban J connectivity index is 1.98. The van der Waals surface area contributed by atoms with Crippen LogP contribution < -0.4 is 5.32 Å². The maximum absolute atomic E-state index is 12.4. The topological polar surface area (TPSA) is 24.9 Å². The number of halogens is 3. The van der Waals surface area contributed by atoms with Crippen LogP contribution in [0.2, 0.25) is 0 Å². The zero-order valence-corrected chi connectivity index (χ0v) is 8.72. The van der Waals surface area contributed by atoms with Crippen LogP contribution >= 0.6 is 0 Å². The SMILES string of the molecule is FC(F)(F)c1cccc(NCC2CCC2)n1. The summed E-state index contributed by atoms with van der Waals surface area (Å²) in [7, 11) is 0. The molecule has 0 bridgehead atoms. The van der Waals surface area contributed by atoms with E-state index in [0.717, 1.165) is 18.9 Å². The van der Waals surface area contributed by atoms with Crippen molar-refractivity contribution in [3.05, 3.63) is 23.9 Å². The third kappa shape index (κ3) is 2.65. The van der Waals surface area contributed by atoms with Gasteiger partial charge in [-0.3, -0.25) is 0 Å². The molecule has 0 spiro atoms. The molecule has 5 heteroatoms. The number of nitrogens with zero attached hydrogens (tertiary/aromatic N) is 1. The van der Waals surface area contributed by atoms with E-state index in [1.807, 2.05) is 0 Å². The maximum atomic E-state index is 12.4. The summed E-state index contributed by atoms with van der Waals surface area (Å²) >= 11 is 0. The van der Waals surface area contributed by atoms with Crippen LogP contribution in [0.25, 0.3) is 0 Å². The van der Waals surface area contributed by atoms with Gasteiger partial charge in [-0.25, -0.2) is 4.98 Å². The van der Waals surface area contributed by atoms with E-state index in [-0.39, 0.29) is 0 Å². The molecule has 1 aromatic rings. The predicted octanol–water partition coefficient (Wildman–Crippen LogP) is 3.31. The van der Waals surface area contributed by atoms with Gasteiger partial charge in [-0.2, -0.15) is 13.2 Å². The van der Waals surface area contributed by atoms with Crippen LogP contribution in [0.5, 0.6) is 0 Å². The van der Waals surface area contributed by atoms with Crippen molar-refractivity contribution in [3.63, 3.8) is 0 Å². The minimum absolute atomic E-state index is 0.307. The second-order valence-electron chi connectivity index (χ2n) is 4.08. The van der Waals surface area contributed by atoms with Gasteiger partial charge in [0.25, 0.3) is 0 Å². The lowest BCUT2D eigenvalue weighted by Gasteiger charge is -2.25. The Morgan fingerprint density at radius 1 is 1.31 bits per heavy atom. The number of nitrogens with one attached hydrogen (secondary N) is 1. The summed E-state index contributed by atoms with van der Waals surface area (Å²) < 4.78 is 37.1. The highest BCUT2D eigenvalue weighted by molar-refractivity contribution is 5.36. The standard InChI is InChI=1S/C11H13F3N2/c12-11(13,14)9-5-2-6-10(16-9)15-7-8-3-1-4-8/h2,5-6,8H,1,3-4,7H2,(H,15,16). The molecule has 1 fully saturated rings. The lowest BCUT2D eigenvalue weighted by Crippen LogP contribution is -2.21. The van der Waals surface area contributed by atoms with Gasteiger partial charge in [0.2, 0.25) is 0 Å². The Morgan fingerprint density at radius 2 is 2.06 bits per heavy atom. The van der Waals surface area contributed by atoms with E-state index in [9.17, 15) is 13.2 Å². The summed E-state index contributed by atoms with van der Waals surface area (Å²) in [4.78, 5) is 3.54. The number of aromatic nitrogens is 1. The third-order valence-electron chi connectivity index (χ3n) is 2.84. The van der Waals surface area contributed by atoms with Crippen molar-refractivity contribution >= 4 is 5.82 Å². The molecule has 2 rings (SSSR count). The molecule has 0 aromatic carbocycles. The largest absolute Gasteiger partial charge is 0.433 e. The van der Waals surface area contributed by atoms with Crippen molar-refractivity contribution in [2.45, 2.75) is 25.4 Å². The highest BCUT2D eigenvalue weighted by atomic mass is 19.4. The van der Waals surface area contributed by atoms with Gasteiger partial charge < -0.3 is 5.32 Å². The Bertz CT molecular complexity index is 358. The molecule has 0 saturated heterocycles. The van der Waals surface area contributed by atoms with Crippen molar-refractivity contribution in [3.8, 4) is 0 Å². The molecular weight excluding hydrogens is 217 g/mol. The first-order valence-corrected chi connectivity index (χ1v) is 5.34. The van der Waals surface area contributed by atoms with E-state index in [1.54, 1.807) is 6.07 Å². The fourth-order valence-corrected chi connectivity index (χ4v) is 1.64. The predicted molar refractivity (Wildman–Crippen MR) is 55.1 cm³/mol. The fraction of sp³-hybridized carbons (Fsp3) is 0.545. The second kappa shape index (κ2) is 4.31. The van der Waals surface area contributed by atoms with E-state index in [1.165, 1.54) is 12.5 Å². The number of rotatable bonds is 3. The summed E-state index contributed by atoms with van der Waals surface area (Å²) in [6.07, 6.45) is -0.825. The van der Waals surface area contributed by atoms with Gasteiger partial charge in [0, 0.05) is 6.54 Å². The number of anilines is 1. The van der Waals surface area contributed by atoms with Crippen LogP contribution in [0, 0.1) is 5.92 Å². The Hall–Kier alpha value is -1.26. The minimum Gasteiger partial charge on any atom is -0.370 e. The van der Waals surface area contributed by atoms with E-state index in [4.69, 9.17) is 0 Å². The van der Waals surface area contributed by atoms with E-state index in [2.05, 4.69) is 10.3 Å². The Kier molecular flexibility index (Phi) is 3.03. The van der Waals surface area contributed by atoms with Crippen LogP contribution in [0.15, 0.2) is 18.2 Å². The van der Waals surface area contributed by atoms with Crippen LogP contribution in [-0.4, -0.2) is 11.5 Å². The normalized spacial score (nSPS) is 16.9. The van der Waals surface area contributed by atoms with Crippen LogP contribution in [-0.2, 0) is 6.18 Å². The molecule has 2 nitrogen and oxygen atoms in total. The lowest BCUT2D eigenvalue weighted by molar-refractivity contribution is -0.141. The van der Waals surface area contributed by atoms with Crippen LogP contribution in [0.1, 0.15) is 25.0 Å². The molecule has 1 saturated carbocycles. The van der Waals surface area contributed by atoms with Gasteiger partial charge in [-0.1, -0.05) is 12.5 Å². The van der Waals surface area contributed by atoms with Crippen molar-refractivity contribution in [2.24, 2.45) is 5.92 Å². The van der Waals surface area contributed by atoms with Gasteiger partial charge in [0.05, 0.1) is 0 Å². The molecular formula is C11H13F3N2. The monoisotopic (exact) mass is 230 g/mol. The average molecular weight is 230 g/mol. The third-order valence-corrected chi connectivity index (χ3v) is 2.84. The molecule has 0 atom stereocenters. The second-order valence-corrected chi connectivity index (χ2v) is 4.08. The summed E-state index contributed by atoms with van der Waals surface area (Å²) in [6.45, 7) is 0.717. The number of pyridine rings is 1. The molecule has 1 aromatic heterocycles. The van der Waals surface area contributed by atoms with E-state index < -0.39 is 11.9 Å². The average Bonchev–Trinajstić information content (AvgIpc) is 2.14. The van der Waals surface area contributed by atoms with Crippen molar-refractivity contribution in [1.29, 1.82) is 0 Å². The van der Waals surface area contributed by atoms with E-state index >= 15 is 0 Å². The maximum Gasteiger partial charge on any atom is 0.433 e. The molecule has 88 valence electrons. The summed E-state index contributed by atoms with van der Waals surface area (Å²) in [5.74, 6) is 0.901. The van der Waals surface area contributed by atoms with E-state index in [0.29, 0.717) is 18.3 Å². The van der Waals surface area contributed by atoms with Gasteiger partial charge >= 0.3 is 6.18 Å². The summed E-state index contributed by atoms with van der Waals surface area (Å²) in [5.41, 5.74) is -0.842. The van der Waals surface area contributed by atoms with Crippen molar-refractivity contribution < 1.29 is 13.2 Å². The van der Waals surface area contributed by atoms with Gasteiger partial charge in [-0.15, -0.1) is 0 Å². The van der Waals surface area contributed by atoms with Gasteiger partial charge in [0.1, 0.15) is 11.5 Å². The first-order valence-electron chi connectivity index (χ1n) is 5.34. The molecule has 1 N–H and O–H groups in total. The number of hydrogen-bond donors (Lipinski definition) is 1. The first-order chi connectivity index (χ1) is 7.55. The van der Waals surface area contributed by atoms with Crippen molar-refractivity contribution in [1.82, 2.24) is 4.98 Å². The summed E-state index contributed by atoms with van der Waals surface area (Å²) in [5, 5.41) is 2.95. The molecule has 1 heterocycles. The number of alkyl halides is 3. The van der Waals surface area contributed by atoms with Gasteiger partial charge in [0.15, 0.2) is 0 Å². The summed E-state index contributed by atoms with van der Waals surface area (Å²) in [6, 6.07) is 3.92.